The van der Waals surface area contributed by atoms with E-state index in [4.69, 9.17) is 9.47 Å². The van der Waals surface area contributed by atoms with E-state index < -0.39 is 5.41 Å². The number of nitrogens with one attached hydrogen (secondary N) is 1. The summed E-state index contributed by atoms with van der Waals surface area (Å²) in [5.74, 6) is 1.02. The summed E-state index contributed by atoms with van der Waals surface area (Å²) >= 11 is 0. The first-order chi connectivity index (χ1) is 13.2. The molecule has 28 heavy (non-hydrogen) atoms. The van der Waals surface area contributed by atoms with Crippen molar-refractivity contribution in [3.8, 4) is 11.5 Å². The van der Waals surface area contributed by atoms with Crippen LogP contribution in [0, 0.1) is 11.3 Å². The predicted octanol–water partition coefficient (Wildman–Crippen LogP) is 4.75. The van der Waals surface area contributed by atoms with E-state index in [0.29, 0.717) is 28.7 Å². The number of ether oxygens (including phenoxy) is 2. The standard InChI is InChI=1S/C23H29NO4/c1-15(2)13-16-7-9-17(10-8-16)21(25)23(3,4)22(26)24-18-11-12-19(27-5)20(14-18)28-6/h7-12,14-15H,13H2,1-6H3,(H,24,26). The highest BCUT2D eigenvalue weighted by Crippen LogP contribution is 2.31. The number of carbonyl (C=O) groups excluding carboxylic acids is 2. The van der Waals surface area contributed by atoms with Crippen molar-refractivity contribution in [2.75, 3.05) is 19.5 Å². The van der Waals surface area contributed by atoms with E-state index in [9.17, 15) is 9.59 Å². The van der Waals surface area contributed by atoms with Gasteiger partial charge in [0.05, 0.1) is 14.2 Å². The van der Waals surface area contributed by atoms with Gasteiger partial charge in [-0.3, -0.25) is 9.59 Å². The van der Waals surface area contributed by atoms with Crippen molar-refractivity contribution in [1.82, 2.24) is 0 Å². The molecule has 1 amide bonds. The molecule has 0 aromatic heterocycles. The van der Waals surface area contributed by atoms with Crippen LogP contribution in [0.5, 0.6) is 11.5 Å². The van der Waals surface area contributed by atoms with E-state index in [-0.39, 0.29) is 11.7 Å². The van der Waals surface area contributed by atoms with E-state index in [1.807, 2.05) is 12.1 Å². The highest BCUT2D eigenvalue weighted by Gasteiger charge is 2.36. The Morgan fingerprint density at radius 2 is 1.57 bits per heavy atom. The molecule has 0 heterocycles. The molecule has 0 fully saturated rings. The van der Waals surface area contributed by atoms with Crippen LogP contribution in [0.3, 0.4) is 0 Å². The molecule has 0 saturated heterocycles. The first-order valence-electron chi connectivity index (χ1n) is 9.36. The minimum absolute atomic E-state index is 0.221. The van der Waals surface area contributed by atoms with Gasteiger partial charge < -0.3 is 14.8 Å². The molecule has 5 heteroatoms. The summed E-state index contributed by atoms with van der Waals surface area (Å²) in [6, 6.07) is 12.6. The lowest BCUT2D eigenvalue weighted by Gasteiger charge is -2.23. The number of rotatable bonds is 8. The van der Waals surface area contributed by atoms with Crippen molar-refractivity contribution in [2.45, 2.75) is 34.1 Å². The summed E-state index contributed by atoms with van der Waals surface area (Å²) in [4.78, 5) is 25.8. The van der Waals surface area contributed by atoms with Crippen LogP contribution in [0.1, 0.15) is 43.6 Å². The van der Waals surface area contributed by atoms with E-state index in [0.717, 1.165) is 6.42 Å². The summed E-state index contributed by atoms with van der Waals surface area (Å²) in [5, 5.41) is 2.80. The molecule has 2 aromatic carbocycles. The normalized spacial score (nSPS) is 11.2. The Labute approximate surface area is 167 Å². The number of methoxy groups -OCH3 is 2. The van der Waals surface area contributed by atoms with Gasteiger partial charge in [0.2, 0.25) is 5.91 Å². The maximum atomic E-state index is 12.9. The van der Waals surface area contributed by atoms with E-state index in [2.05, 4.69) is 19.2 Å². The van der Waals surface area contributed by atoms with Gasteiger partial charge in [-0.15, -0.1) is 0 Å². The fourth-order valence-corrected chi connectivity index (χ4v) is 2.93. The zero-order valence-electron chi connectivity index (χ0n) is 17.5. The minimum atomic E-state index is -1.22. The lowest BCUT2D eigenvalue weighted by molar-refractivity contribution is -0.121. The second kappa shape index (κ2) is 8.91. The zero-order valence-corrected chi connectivity index (χ0v) is 17.5. The van der Waals surface area contributed by atoms with Crippen LogP contribution in [-0.2, 0) is 11.2 Å². The van der Waals surface area contributed by atoms with Crippen molar-refractivity contribution in [3.63, 3.8) is 0 Å². The Balaban J connectivity index is 2.16. The SMILES string of the molecule is COc1ccc(NC(=O)C(C)(C)C(=O)c2ccc(CC(C)C)cc2)cc1OC. The summed E-state index contributed by atoms with van der Waals surface area (Å²) in [6.07, 6.45) is 0.956. The summed E-state index contributed by atoms with van der Waals surface area (Å²) in [5.41, 5.74) is 1.03. The van der Waals surface area contributed by atoms with Crippen LogP contribution in [0.4, 0.5) is 5.69 Å². The molecule has 1 N–H and O–H groups in total. The Kier molecular flexibility index (Phi) is 6.84. The summed E-state index contributed by atoms with van der Waals surface area (Å²) in [7, 11) is 3.07. The lowest BCUT2D eigenvalue weighted by atomic mass is 9.83. The smallest absolute Gasteiger partial charge is 0.237 e. The number of hydrogen-bond acceptors (Lipinski definition) is 4. The van der Waals surface area contributed by atoms with Crippen LogP contribution in [-0.4, -0.2) is 25.9 Å². The van der Waals surface area contributed by atoms with Crippen molar-refractivity contribution in [3.05, 3.63) is 53.6 Å². The molecule has 0 aliphatic rings. The average molecular weight is 383 g/mol. The maximum Gasteiger partial charge on any atom is 0.237 e. The van der Waals surface area contributed by atoms with Crippen LogP contribution >= 0.6 is 0 Å². The Hall–Kier alpha value is -2.82. The summed E-state index contributed by atoms with van der Waals surface area (Å²) in [6.45, 7) is 7.57. The van der Waals surface area contributed by atoms with Gasteiger partial charge in [0.25, 0.3) is 0 Å². The van der Waals surface area contributed by atoms with E-state index in [1.165, 1.54) is 12.7 Å². The molecule has 0 spiro atoms. The molecular weight excluding hydrogens is 354 g/mol. The molecule has 0 aliphatic carbocycles. The molecule has 0 radical (unpaired) electrons. The number of ketones is 1. The number of amides is 1. The molecule has 0 bridgehead atoms. The van der Waals surface area contributed by atoms with Gasteiger partial charge in [0.1, 0.15) is 5.41 Å². The summed E-state index contributed by atoms with van der Waals surface area (Å²) < 4.78 is 10.5. The zero-order chi connectivity index (χ0) is 20.9. The molecule has 5 nitrogen and oxygen atoms in total. The quantitative estimate of drug-likeness (QED) is 0.528. The highest BCUT2D eigenvalue weighted by atomic mass is 16.5. The van der Waals surface area contributed by atoms with Gasteiger partial charge in [0, 0.05) is 17.3 Å². The third-order valence-corrected chi connectivity index (χ3v) is 4.64. The molecule has 0 atom stereocenters. The first kappa shape index (κ1) is 21.5. The second-order valence-electron chi connectivity index (χ2n) is 7.77. The highest BCUT2D eigenvalue weighted by molar-refractivity contribution is 6.16. The predicted molar refractivity (Wildman–Crippen MR) is 111 cm³/mol. The van der Waals surface area contributed by atoms with Crippen molar-refractivity contribution in [2.24, 2.45) is 11.3 Å². The monoisotopic (exact) mass is 383 g/mol. The Morgan fingerprint density at radius 3 is 2.11 bits per heavy atom. The van der Waals surface area contributed by atoms with Crippen molar-refractivity contribution < 1.29 is 19.1 Å². The molecule has 2 aromatic rings. The number of hydrogen-bond donors (Lipinski definition) is 1. The van der Waals surface area contributed by atoms with Crippen LogP contribution in [0.25, 0.3) is 0 Å². The average Bonchev–Trinajstić information content (AvgIpc) is 2.67. The third-order valence-electron chi connectivity index (χ3n) is 4.64. The molecule has 2 rings (SSSR count). The lowest BCUT2D eigenvalue weighted by Crippen LogP contribution is -2.38. The Bertz CT molecular complexity index is 838. The van der Waals surface area contributed by atoms with Gasteiger partial charge in [-0.1, -0.05) is 38.1 Å². The molecular formula is C23H29NO4. The van der Waals surface area contributed by atoms with Crippen LogP contribution in [0.2, 0.25) is 0 Å². The van der Waals surface area contributed by atoms with Crippen molar-refractivity contribution in [1.29, 1.82) is 0 Å². The van der Waals surface area contributed by atoms with Gasteiger partial charge in [-0.2, -0.15) is 0 Å². The largest absolute Gasteiger partial charge is 0.493 e. The van der Waals surface area contributed by atoms with E-state index in [1.54, 1.807) is 51.3 Å². The number of carbonyl (C=O) groups is 2. The number of Topliss-reactive ketones (excluding diaryl/α,β-unsaturated/α-hetero) is 1. The molecule has 150 valence electrons. The fraction of sp³-hybridized carbons (Fsp3) is 0.391. The van der Waals surface area contributed by atoms with Gasteiger partial charge in [-0.25, -0.2) is 0 Å². The molecule has 0 unspecified atom stereocenters. The molecule has 0 aliphatic heterocycles. The maximum absolute atomic E-state index is 12.9. The number of benzene rings is 2. The van der Waals surface area contributed by atoms with Crippen molar-refractivity contribution >= 4 is 17.4 Å². The Morgan fingerprint density at radius 1 is 0.964 bits per heavy atom. The van der Waals surface area contributed by atoms with E-state index >= 15 is 0 Å². The molecule has 0 saturated carbocycles. The number of anilines is 1. The third kappa shape index (κ3) is 4.91. The topological polar surface area (TPSA) is 64.6 Å². The van der Waals surface area contributed by atoms with Gasteiger partial charge in [0.15, 0.2) is 17.3 Å². The van der Waals surface area contributed by atoms with Gasteiger partial charge >= 0.3 is 0 Å². The second-order valence-corrected chi connectivity index (χ2v) is 7.77. The van der Waals surface area contributed by atoms with Crippen LogP contribution < -0.4 is 14.8 Å². The first-order valence-corrected chi connectivity index (χ1v) is 9.36. The van der Waals surface area contributed by atoms with Crippen LogP contribution in [0.15, 0.2) is 42.5 Å². The fourth-order valence-electron chi connectivity index (χ4n) is 2.93. The van der Waals surface area contributed by atoms with Gasteiger partial charge in [-0.05, 0) is 43.9 Å². The minimum Gasteiger partial charge on any atom is -0.493 e.